The van der Waals surface area contributed by atoms with Gasteiger partial charge in [0.1, 0.15) is 5.56 Å². The summed E-state index contributed by atoms with van der Waals surface area (Å²) in [6, 6.07) is 3.83. The molecule has 0 spiro atoms. The van der Waals surface area contributed by atoms with E-state index in [-0.39, 0.29) is 17.7 Å². The van der Waals surface area contributed by atoms with Gasteiger partial charge in [0.15, 0.2) is 0 Å². The molecule has 0 aliphatic heterocycles. The Balaban J connectivity index is 2.38. The number of nitro benzene ring substituents is 1. The first-order chi connectivity index (χ1) is 9.41. The zero-order valence-electron chi connectivity index (χ0n) is 10.4. The molecule has 7 nitrogen and oxygen atoms in total. The van der Waals surface area contributed by atoms with Crippen molar-refractivity contribution < 1.29 is 19.2 Å². The Morgan fingerprint density at radius 1 is 1.55 bits per heavy atom. The van der Waals surface area contributed by atoms with Crippen LogP contribution in [-0.4, -0.2) is 25.8 Å². The summed E-state index contributed by atoms with van der Waals surface area (Å²) in [5.74, 6) is -2.07. The molecular formula is C12H10FN3O4. The molecule has 1 heterocycles. The molecule has 0 aliphatic rings. The van der Waals surface area contributed by atoms with Gasteiger partial charge in [-0.1, -0.05) is 12.1 Å². The van der Waals surface area contributed by atoms with Gasteiger partial charge in [0, 0.05) is 11.6 Å². The number of halogens is 1. The zero-order chi connectivity index (χ0) is 14.9. The highest BCUT2D eigenvalue weighted by Crippen LogP contribution is 2.21. The van der Waals surface area contributed by atoms with Gasteiger partial charge in [-0.15, -0.1) is 0 Å². The molecule has 0 saturated carbocycles. The molecule has 0 radical (unpaired) electrons. The van der Waals surface area contributed by atoms with Crippen molar-refractivity contribution >= 4 is 11.7 Å². The monoisotopic (exact) mass is 279 g/mol. The van der Waals surface area contributed by atoms with Crippen LogP contribution < -0.4 is 0 Å². The highest BCUT2D eigenvalue weighted by atomic mass is 19.1. The van der Waals surface area contributed by atoms with Crippen molar-refractivity contribution in [3.8, 4) is 0 Å². The molecule has 104 valence electrons. The summed E-state index contributed by atoms with van der Waals surface area (Å²) in [5.41, 5.74) is -0.188. The molecule has 0 atom stereocenters. The van der Waals surface area contributed by atoms with Crippen LogP contribution in [0, 0.1) is 22.9 Å². The van der Waals surface area contributed by atoms with Crippen molar-refractivity contribution in [2.75, 3.05) is 0 Å². The predicted octanol–water partition coefficient (Wildman–Crippen LogP) is 1.99. The van der Waals surface area contributed by atoms with Crippen LogP contribution in [0.2, 0.25) is 0 Å². The molecule has 0 amide bonds. The standard InChI is InChI=1S/C12H10FN3O4/c1-7-9(12(17)18)5-14-15(7)6-8-3-2-4-10(11(8)13)16(19)20/h2-5H,6H2,1H3,(H,17,18). The normalized spacial score (nSPS) is 10.5. The van der Waals surface area contributed by atoms with E-state index in [9.17, 15) is 19.3 Å². The van der Waals surface area contributed by atoms with Crippen LogP contribution in [0.3, 0.4) is 0 Å². The van der Waals surface area contributed by atoms with E-state index < -0.39 is 22.4 Å². The lowest BCUT2D eigenvalue weighted by Crippen LogP contribution is -2.08. The average Bonchev–Trinajstić information content (AvgIpc) is 2.73. The quantitative estimate of drug-likeness (QED) is 0.681. The highest BCUT2D eigenvalue weighted by Gasteiger charge is 2.19. The molecule has 2 aromatic rings. The molecular weight excluding hydrogens is 269 g/mol. The van der Waals surface area contributed by atoms with Gasteiger partial charge in [0.2, 0.25) is 5.82 Å². The average molecular weight is 279 g/mol. The minimum Gasteiger partial charge on any atom is -0.478 e. The molecule has 0 aliphatic carbocycles. The maximum absolute atomic E-state index is 13.9. The second-order valence-electron chi connectivity index (χ2n) is 4.11. The summed E-state index contributed by atoms with van der Waals surface area (Å²) in [5, 5.41) is 23.4. The van der Waals surface area contributed by atoms with E-state index in [0.29, 0.717) is 5.69 Å². The van der Waals surface area contributed by atoms with E-state index in [4.69, 9.17) is 5.11 Å². The van der Waals surface area contributed by atoms with Crippen molar-refractivity contribution in [2.45, 2.75) is 13.5 Å². The number of nitro groups is 1. The summed E-state index contributed by atoms with van der Waals surface area (Å²) in [7, 11) is 0. The van der Waals surface area contributed by atoms with Gasteiger partial charge in [0.25, 0.3) is 0 Å². The molecule has 0 saturated heterocycles. The van der Waals surface area contributed by atoms with Gasteiger partial charge in [0.05, 0.1) is 23.4 Å². The molecule has 1 N–H and O–H groups in total. The molecule has 0 fully saturated rings. The lowest BCUT2D eigenvalue weighted by atomic mass is 10.2. The summed E-state index contributed by atoms with van der Waals surface area (Å²) >= 11 is 0. The molecule has 0 unspecified atom stereocenters. The minimum atomic E-state index is -1.13. The SMILES string of the molecule is Cc1c(C(=O)O)cnn1Cc1cccc([N+](=O)[O-])c1F. The number of aromatic nitrogens is 2. The predicted molar refractivity (Wildman–Crippen MR) is 66.1 cm³/mol. The van der Waals surface area contributed by atoms with E-state index in [1.165, 1.54) is 23.7 Å². The maximum Gasteiger partial charge on any atom is 0.339 e. The van der Waals surface area contributed by atoms with Crippen LogP contribution in [0.4, 0.5) is 10.1 Å². The van der Waals surface area contributed by atoms with E-state index in [1.807, 2.05) is 0 Å². The van der Waals surface area contributed by atoms with Crippen molar-refractivity contribution in [3.05, 3.63) is 57.1 Å². The molecule has 8 heteroatoms. The van der Waals surface area contributed by atoms with Crippen LogP contribution >= 0.6 is 0 Å². The van der Waals surface area contributed by atoms with Gasteiger partial charge in [-0.05, 0) is 6.92 Å². The van der Waals surface area contributed by atoms with E-state index in [2.05, 4.69) is 5.10 Å². The van der Waals surface area contributed by atoms with Crippen LogP contribution in [0.15, 0.2) is 24.4 Å². The van der Waals surface area contributed by atoms with Crippen molar-refractivity contribution in [2.24, 2.45) is 0 Å². The summed E-state index contributed by atoms with van der Waals surface area (Å²) in [4.78, 5) is 20.7. The van der Waals surface area contributed by atoms with Crippen LogP contribution in [0.25, 0.3) is 0 Å². The van der Waals surface area contributed by atoms with Crippen molar-refractivity contribution in [1.29, 1.82) is 0 Å². The van der Waals surface area contributed by atoms with E-state index >= 15 is 0 Å². The smallest absolute Gasteiger partial charge is 0.339 e. The second kappa shape index (κ2) is 5.08. The van der Waals surface area contributed by atoms with Crippen LogP contribution in [0.1, 0.15) is 21.6 Å². The number of aromatic carboxylic acids is 1. The van der Waals surface area contributed by atoms with Gasteiger partial charge in [-0.2, -0.15) is 9.49 Å². The first-order valence-corrected chi connectivity index (χ1v) is 5.59. The number of carboxylic acids is 1. The van der Waals surface area contributed by atoms with Gasteiger partial charge >= 0.3 is 11.7 Å². The zero-order valence-corrected chi connectivity index (χ0v) is 10.4. The number of benzene rings is 1. The van der Waals surface area contributed by atoms with Crippen molar-refractivity contribution in [3.63, 3.8) is 0 Å². The van der Waals surface area contributed by atoms with E-state index in [0.717, 1.165) is 12.3 Å². The largest absolute Gasteiger partial charge is 0.478 e. The number of rotatable bonds is 4. The van der Waals surface area contributed by atoms with Crippen molar-refractivity contribution in [1.82, 2.24) is 9.78 Å². The third-order valence-corrected chi connectivity index (χ3v) is 2.91. The number of hydrogen-bond donors (Lipinski definition) is 1. The van der Waals surface area contributed by atoms with Crippen LogP contribution in [0.5, 0.6) is 0 Å². The number of carboxylic acid groups (broad SMARTS) is 1. The Bertz CT molecular complexity index is 696. The number of carbonyl (C=O) groups is 1. The summed E-state index contributed by atoms with van der Waals surface area (Å²) in [6.45, 7) is 1.46. The Morgan fingerprint density at radius 3 is 2.80 bits per heavy atom. The molecule has 1 aromatic carbocycles. The molecule has 2 rings (SSSR count). The van der Waals surface area contributed by atoms with Gasteiger partial charge in [-0.25, -0.2) is 4.79 Å². The third kappa shape index (κ3) is 2.35. The Labute approximate surface area is 112 Å². The summed E-state index contributed by atoms with van der Waals surface area (Å²) in [6.07, 6.45) is 1.16. The highest BCUT2D eigenvalue weighted by molar-refractivity contribution is 5.88. The second-order valence-corrected chi connectivity index (χ2v) is 4.11. The lowest BCUT2D eigenvalue weighted by molar-refractivity contribution is -0.387. The lowest BCUT2D eigenvalue weighted by Gasteiger charge is -2.06. The third-order valence-electron chi connectivity index (χ3n) is 2.91. The molecule has 1 aromatic heterocycles. The fourth-order valence-electron chi connectivity index (χ4n) is 1.81. The number of hydrogen-bond acceptors (Lipinski definition) is 4. The molecule has 20 heavy (non-hydrogen) atoms. The fraction of sp³-hybridized carbons (Fsp3) is 0.167. The number of nitrogens with zero attached hydrogens (tertiary/aromatic N) is 3. The summed E-state index contributed by atoms with van der Waals surface area (Å²) < 4.78 is 15.2. The topological polar surface area (TPSA) is 98.3 Å². The Kier molecular flexibility index (Phi) is 3.47. The van der Waals surface area contributed by atoms with Gasteiger partial charge in [-0.3, -0.25) is 14.8 Å². The minimum absolute atomic E-state index is 0.0100. The Morgan fingerprint density at radius 2 is 2.25 bits per heavy atom. The first-order valence-electron chi connectivity index (χ1n) is 5.59. The molecule has 0 bridgehead atoms. The first kappa shape index (κ1) is 13.7. The van der Waals surface area contributed by atoms with Gasteiger partial charge < -0.3 is 5.11 Å². The maximum atomic E-state index is 13.9. The van der Waals surface area contributed by atoms with E-state index in [1.54, 1.807) is 0 Å². The Hall–Kier alpha value is -2.77. The fourth-order valence-corrected chi connectivity index (χ4v) is 1.81. The van der Waals surface area contributed by atoms with Crippen LogP contribution in [-0.2, 0) is 6.54 Å².